The van der Waals surface area contributed by atoms with Gasteiger partial charge in [0.15, 0.2) is 6.61 Å². The van der Waals surface area contributed by atoms with Crippen LogP contribution >= 0.6 is 15.9 Å². The number of carbonyl (C=O) groups is 2. The lowest BCUT2D eigenvalue weighted by Crippen LogP contribution is -2.32. The number of hydrogen-bond acceptors (Lipinski definition) is 4. The Balaban J connectivity index is 1.57. The molecular formula is C23H27BrN2O4. The summed E-state index contributed by atoms with van der Waals surface area (Å²) in [4.78, 5) is 25.0. The van der Waals surface area contributed by atoms with Crippen molar-refractivity contribution in [3.8, 4) is 5.75 Å². The molecule has 0 unspecified atom stereocenters. The lowest BCUT2D eigenvalue weighted by Gasteiger charge is -2.14. The van der Waals surface area contributed by atoms with Gasteiger partial charge < -0.3 is 20.1 Å². The molecule has 1 fully saturated rings. The summed E-state index contributed by atoms with van der Waals surface area (Å²) in [6.45, 7) is 5.27. The number of halogens is 1. The van der Waals surface area contributed by atoms with Gasteiger partial charge in [-0.1, -0.05) is 32.0 Å². The lowest BCUT2D eigenvalue weighted by atomic mass is 10.0. The van der Waals surface area contributed by atoms with Gasteiger partial charge in [0.25, 0.3) is 11.8 Å². The zero-order valence-electron chi connectivity index (χ0n) is 17.2. The predicted octanol–water partition coefficient (Wildman–Crippen LogP) is 4.50. The summed E-state index contributed by atoms with van der Waals surface area (Å²) in [6.07, 6.45) is 2.03. The van der Waals surface area contributed by atoms with Crippen molar-refractivity contribution >= 4 is 33.4 Å². The fraction of sp³-hybridized carbons (Fsp3) is 0.391. The first-order valence-electron chi connectivity index (χ1n) is 10.1. The van der Waals surface area contributed by atoms with Crippen molar-refractivity contribution in [2.75, 3.05) is 25.1 Å². The molecular weight excluding hydrogens is 448 g/mol. The van der Waals surface area contributed by atoms with Crippen molar-refractivity contribution in [3.05, 3.63) is 58.1 Å². The largest absolute Gasteiger partial charge is 0.483 e. The second kappa shape index (κ2) is 10.6. The summed E-state index contributed by atoms with van der Waals surface area (Å²) in [6, 6.07) is 12.7. The predicted molar refractivity (Wildman–Crippen MR) is 120 cm³/mol. The van der Waals surface area contributed by atoms with Crippen LogP contribution in [0.3, 0.4) is 0 Å². The average molecular weight is 475 g/mol. The van der Waals surface area contributed by atoms with Gasteiger partial charge in [0, 0.05) is 13.2 Å². The number of carbonyl (C=O) groups excluding carboxylic acids is 2. The molecule has 30 heavy (non-hydrogen) atoms. The molecule has 0 spiro atoms. The highest BCUT2D eigenvalue weighted by atomic mass is 79.9. The Kier molecular flexibility index (Phi) is 7.87. The van der Waals surface area contributed by atoms with Gasteiger partial charge in [-0.3, -0.25) is 9.59 Å². The zero-order valence-corrected chi connectivity index (χ0v) is 18.8. The minimum atomic E-state index is -0.339. The molecule has 1 aliphatic rings. The Morgan fingerprint density at radius 1 is 1.23 bits per heavy atom. The maximum Gasteiger partial charge on any atom is 0.262 e. The summed E-state index contributed by atoms with van der Waals surface area (Å²) in [7, 11) is 0. The zero-order chi connectivity index (χ0) is 21.5. The van der Waals surface area contributed by atoms with E-state index in [4.69, 9.17) is 9.47 Å². The molecule has 2 aromatic carbocycles. The third-order valence-corrected chi connectivity index (χ3v) is 5.56. The van der Waals surface area contributed by atoms with Gasteiger partial charge in [0.1, 0.15) is 5.75 Å². The van der Waals surface area contributed by atoms with Gasteiger partial charge in [-0.05, 0) is 64.5 Å². The topological polar surface area (TPSA) is 76.7 Å². The Bertz CT molecular complexity index is 895. The number of ether oxygens (including phenoxy) is 2. The molecule has 0 saturated carbocycles. The van der Waals surface area contributed by atoms with Crippen LogP contribution in [0.5, 0.6) is 5.75 Å². The molecule has 0 radical (unpaired) electrons. The first-order valence-corrected chi connectivity index (χ1v) is 10.9. The van der Waals surface area contributed by atoms with Crippen molar-refractivity contribution in [1.29, 1.82) is 0 Å². The number of benzene rings is 2. The van der Waals surface area contributed by atoms with Crippen LogP contribution in [-0.2, 0) is 9.53 Å². The molecule has 1 atom stereocenters. The Hall–Kier alpha value is -2.38. The molecule has 7 heteroatoms. The molecule has 1 aliphatic heterocycles. The van der Waals surface area contributed by atoms with E-state index < -0.39 is 0 Å². The standard InChI is InChI=1S/C23H27BrN2O4/c1-15(2)16-9-10-21(19(24)12-16)30-14-22(27)26-20-8-4-3-7-18(20)23(28)25-13-17-6-5-11-29-17/h3-4,7-10,12,15,17H,5-6,11,13-14H2,1-2H3,(H,25,28)(H,26,27)/t17-/m1/s1. The van der Waals surface area contributed by atoms with E-state index in [1.807, 2.05) is 18.2 Å². The normalized spacial score (nSPS) is 15.8. The van der Waals surface area contributed by atoms with Gasteiger partial charge in [0.2, 0.25) is 0 Å². The van der Waals surface area contributed by atoms with Gasteiger partial charge in [0.05, 0.1) is 21.8 Å². The number of nitrogens with one attached hydrogen (secondary N) is 2. The van der Waals surface area contributed by atoms with Crippen molar-refractivity contribution in [2.24, 2.45) is 0 Å². The van der Waals surface area contributed by atoms with E-state index in [1.54, 1.807) is 24.3 Å². The second-order valence-corrected chi connectivity index (χ2v) is 8.43. The molecule has 2 amide bonds. The number of hydrogen-bond donors (Lipinski definition) is 2. The van der Waals surface area contributed by atoms with E-state index in [0.717, 1.165) is 23.9 Å². The van der Waals surface area contributed by atoms with Gasteiger partial charge in [-0.25, -0.2) is 0 Å². The summed E-state index contributed by atoms with van der Waals surface area (Å²) in [5, 5.41) is 5.65. The van der Waals surface area contributed by atoms with E-state index in [9.17, 15) is 9.59 Å². The van der Waals surface area contributed by atoms with Crippen LogP contribution in [0.1, 0.15) is 48.5 Å². The summed E-state index contributed by atoms with van der Waals surface area (Å²) in [5.41, 5.74) is 2.04. The average Bonchev–Trinajstić information content (AvgIpc) is 3.25. The molecule has 3 rings (SSSR count). The maximum absolute atomic E-state index is 12.6. The molecule has 0 aliphatic carbocycles. The molecule has 0 aromatic heterocycles. The lowest BCUT2D eigenvalue weighted by molar-refractivity contribution is -0.118. The highest BCUT2D eigenvalue weighted by Crippen LogP contribution is 2.29. The van der Waals surface area contributed by atoms with Crippen LogP contribution in [-0.4, -0.2) is 37.7 Å². The molecule has 2 aromatic rings. The Morgan fingerprint density at radius 3 is 2.73 bits per heavy atom. The second-order valence-electron chi connectivity index (χ2n) is 7.57. The molecule has 160 valence electrons. The maximum atomic E-state index is 12.6. The number of amides is 2. The molecule has 2 N–H and O–H groups in total. The molecule has 0 bridgehead atoms. The van der Waals surface area contributed by atoms with Crippen LogP contribution in [0, 0.1) is 0 Å². The molecule has 6 nitrogen and oxygen atoms in total. The summed E-state index contributed by atoms with van der Waals surface area (Å²) in [5.74, 6) is 0.419. The summed E-state index contributed by atoms with van der Waals surface area (Å²) < 4.78 is 12.0. The van der Waals surface area contributed by atoms with E-state index in [2.05, 4.69) is 40.4 Å². The van der Waals surface area contributed by atoms with Gasteiger partial charge in [-0.2, -0.15) is 0 Å². The number of anilines is 1. The highest BCUT2D eigenvalue weighted by Gasteiger charge is 2.18. The molecule has 1 saturated heterocycles. The fourth-order valence-electron chi connectivity index (χ4n) is 3.22. The Morgan fingerprint density at radius 2 is 2.03 bits per heavy atom. The van der Waals surface area contributed by atoms with Crippen molar-refractivity contribution < 1.29 is 19.1 Å². The quantitative estimate of drug-likeness (QED) is 0.590. The molecule has 1 heterocycles. The van der Waals surface area contributed by atoms with Crippen molar-refractivity contribution in [3.63, 3.8) is 0 Å². The van der Waals surface area contributed by atoms with Crippen LogP contribution in [0.2, 0.25) is 0 Å². The number of para-hydroxylation sites is 1. The summed E-state index contributed by atoms with van der Waals surface area (Å²) >= 11 is 3.49. The van der Waals surface area contributed by atoms with E-state index in [1.165, 1.54) is 5.56 Å². The minimum absolute atomic E-state index is 0.0598. The van der Waals surface area contributed by atoms with E-state index in [-0.39, 0.29) is 24.5 Å². The first kappa shape index (κ1) is 22.3. The van der Waals surface area contributed by atoms with Gasteiger partial charge >= 0.3 is 0 Å². The minimum Gasteiger partial charge on any atom is -0.483 e. The number of rotatable bonds is 8. The van der Waals surface area contributed by atoms with Crippen molar-refractivity contribution in [1.82, 2.24) is 5.32 Å². The van der Waals surface area contributed by atoms with E-state index in [0.29, 0.717) is 29.5 Å². The monoisotopic (exact) mass is 474 g/mol. The SMILES string of the molecule is CC(C)c1ccc(OCC(=O)Nc2ccccc2C(=O)NC[C@H]2CCCO2)c(Br)c1. The smallest absolute Gasteiger partial charge is 0.262 e. The Labute approximate surface area is 185 Å². The van der Waals surface area contributed by atoms with Crippen LogP contribution in [0.15, 0.2) is 46.9 Å². The van der Waals surface area contributed by atoms with Gasteiger partial charge in [-0.15, -0.1) is 0 Å². The van der Waals surface area contributed by atoms with Crippen LogP contribution < -0.4 is 15.4 Å². The third kappa shape index (κ3) is 6.06. The van der Waals surface area contributed by atoms with Crippen molar-refractivity contribution in [2.45, 2.75) is 38.7 Å². The fourth-order valence-corrected chi connectivity index (χ4v) is 3.73. The first-order chi connectivity index (χ1) is 14.4. The highest BCUT2D eigenvalue weighted by molar-refractivity contribution is 9.10. The van der Waals surface area contributed by atoms with Crippen LogP contribution in [0.25, 0.3) is 0 Å². The van der Waals surface area contributed by atoms with Crippen LogP contribution in [0.4, 0.5) is 5.69 Å². The third-order valence-electron chi connectivity index (χ3n) is 4.94. The van der Waals surface area contributed by atoms with E-state index >= 15 is 0 Å².